The van der Waals surface area contributed by atoms with E-state index in [1.165, 1.54) is 38.5 Å². The highest BCUT2D eigenvalue weighted by atomic mass is 31.2. The van der Waals surface area contributed by atoms with Crippen molar-refractivity contribution in [1.82, 2.24) is 0 Å². The zero-order chi connectivity index (χ0) is 33.3. The molecule has 3 N–H and O–H groups in total. The predicted octanol–water partition coefficient (Wildman–Crippen LogP) is 9.04. The van der Waals surface area contributed by atoms with E-state index < -0.39 is 32.5 Å². The number of phosphoric acid groups is 1. The van der Waals surface area contributed by atoms with E-state index in [1.54, 1.807) is 0 Å². The van der Waals surface area contributed by atoms with Gasteiger partial charge >= 0.3 is 19.8 Å². The average molecular weight is 658 g/mol. The van der Waals surface area contributed by atoms with E-state index >= 15 is 0 Å². The number of hydrogen-bond acceptors (Lipinski definition) is 8. The number of ether oxygens (including phenoxy) is 2. The van der Waals surface area contributed by atoms with Crippen LogP contribution in [0.2, 0.25) is 0 Å². The minimum absolute atomic E-state index is 0.0501. The SMILES string of the molecule is CCC=CCC=CCC=CCCCCCCCC(=O)OC(COC(=O)CCCCCCCCCCC)COP(=O)(O)OCCN. The molecule has 45 heavy (non-hydrogen) atoms. The number of allylic oxidation sites excluding steroid dienone is 6. The number of phosphoric ester groups is 1. The molecule has 0 bridgehead atoms. The Labute approximate surface area is 274 Å². The first kappa shape index (κ1) is 43.2. The van der Waals surface area contributed by atoms with Crippen molar-refractivity contribution in [3.05, 3.63) is 36.5 Å². The van der Waals surface area contributed by atoms with Crippen molar-refractivity contribution < 1.29 is 37.6 Å². The van der Waals surface area contributed by atoms with Crippen LogP contribution in [0.4, 0.5) is 0 Å². The van der Waals surface area contributed by atoms with Gasteiger partial charge in [-0.25, -0.2) is 4.57 Å². The smallest absolute Gasteiger partial charge is 0.462 e. The summed E-state index contributed by atoms with van der Waals surface area (Å²) in [4.78, 5) is 34.5. The first-order chi connectivity index (χ1) is 21.8. The van der Waals surface area contributed by atoms with Gasteiger partial charge in [0.05, 0.1) is 13.2 Å². The summed E-state index contributed by atoms with van der Waals surface area (Å²) >= 11 is 0. The summed E-state index contributed by atoms with van der Waals surface area (Å²) in [6.45, 7) is 3.55. The first-order valence-electron chi connectivity index (χ1n) is 17.5. The minimum atomic E-state index is -4.37. The molecule has 0 aromatic heterocycles. The van der Waals surface area contributed by atoms with Crippen LogP contribution in [0.25, 0.3) is 0 Å². The van der Waals surface area contributed by atoms with Crippen LogP contribution in [0.1, 0.15) is 142 Å². The third kappa shape index (κ3) is 32.0. The molecule has 0 heterocycles. The van der Waals surface area contributed by atoms with E-state index in [0.29, 0.717) is 6.42 Å². The summed E-state index contributed by atoms with van der Waals surface area (Å²) in [7, 11) is -4.37. The lowest BCUT2D eigenvalue weighted by Crippen LogP contribution is -2.29. The van der Waals surface area contributed by atoms with E-state index in [2.05, 4.69) is 50.3 Å². The van der Waals surface area contributed by atoms with Crippen molar-refractivity contribution in [2.75, 3.05) is 26.4 Å². The molecule has 0 aliphatic rings. The molecular weight excluding hydrogens is 593 g/mol. The maximum atomic E-state index is 12.5. The van der Waals surface area contributed by atoms with Crippen LogP contribution in [0, 0.1) is 0 Å². The van der Waals surface area contributed by atoms with Gasteiger partial charge in [0, 0.05) is 19.4 Å². The molecular formula is C35H64NO8P. The highest BCUT2D eigenvalue weighted by Gasteiger charge is 2.25. The number of unbranched alkanes of at least 4 members (excludes halogenated alkanes) is 13. The van der Waals surface area contributed by atoms with Gasteiger partial charge in [0.2, 0.25) is 0 Å². The molecule has 262 valence electrons. The lowest BCUT2D eigenvalue weighted by Gasteiger charge is -2.19. The molecule has 0 rings (SSSR count). The van der Waals surface area contributed by atoms with Gasteiger partial charge in [0.25, 0.3) is 0 Å². The Bertz CT molecular complexity index is 846. The molecule has 0 fully saturated rings. The molecule has 0 aliphatic heterocycles. The number of carbonyl (C=O) groups excluding carboxylic acids is 2. The predicted molar refractivity (Wildman–Crippen MR) is 183 cm³/mol. The number of esters is 2. The first-order valence-corrected chi connectivity index (χ1v) is 19.0. The third-order valence-electron chi connectivity index (χ3n) is 7.04. The molecule has 2 unspecified atom stereocenters. The van der Waals surface area contributed by atoms with Gasteiger partial charge in [0.1, 0.15) is 6.61 Å². The second kappa shape index (κ2) is 32.2. The summed E-state index contributed by atoms with van der Waals surface area (Å²) in [6, 6.07) is 0. The number of rotatable bonds is 32. The largest absolute Gasteiger partial charge is 0.472 e. The van der Waals surface area contributed by atoms with E-state index in [4.69, 9.17) is 24.3 Å². The van der Waals surface area contributed by atoms with Crippen LogP contribution in [0.3, 0.4) is 0 Å². The van der Waals surface area contributed by atoms with Crippen molar-refractivity contribution in [3.8, 4) is 0 Å². The zero-order valence-corrected chi connectivity index (χ0v) is 29.2. The van der Waals surface area contributed by atoms with Gasteiger partial charge in [-0.1, -0.05) is 121 Å². The molecule has 2 atom stereocenters. The molecule has 0 aliphatic carbocycles. The van der Waals surface area contributed by atoms with Gasteiger partial charge in [-0.15, -0.1) is 0 Å². The monoisotopic (exact) mass is 657 g/mol. The van der Waals surface area contributed by atoms with E-state index in [-0.39, 0.29) is 32.6 Å². The minimum Gasteiger partial charge on any atom is -0.462 e. The van der Waals surface area contributed by atoms with Crippen LogP contribution < -0.4 is 5.73 Å². The summed E-state index contributed by atoms with van der Waals surface area (Å²) in [5.41, 5.74) is 5.31. The highest BCUT2D eigenvalue weighted by molar-refractivity contribution is 7.47. The number of hydrogen-bond donors (Lipinski definition) is 2. The van der Waals surface area contributed by atoms with Crippen molar-refractivity contribution in [2.24, 2.45) is 5.73 Å². The van der Waals surface area contributed by atoms with Crippen molar-refractivity contribution >= 4 is 19.8 Å². The van der Waals surface area contributed by atoms with Crippen LogP contribution in [0.5, 0.6) is 0 Å². The maximum absolute atomic E-state index is 12.5. The van der Waals surface area contributed by atoms with Crippen molar-refractivity contribution in [1.29, 1.82) is 0 Å². The highest BCUT2D eigenvalue weighted by Crippen LogP contribution is 2.43. The van der Waals surface area contributed by atoms with Crippen LogP contribution in [0.15, 0.2) is 36.5 Å². The maximum Gasteiger partial charge on any atom is 0.472 e. The fourth-order valence-corrected chi connectivity index (χ4v) is 5.24. The van der Waals surface area contributed by atoms with Crippen LogP contribution in [-0.2, 0) is 32.7 Å². The Balaban J connectivity index is 4.29. The molecule has 0 aromatic rings. The molecule has 0 amide bonds. The molecule has 9 nitrogen and oxygen atoms in total. The Morgan fingerprint density at radius 3 is 1.82 bits per heavy atom. The van der Waals surface area contributed by atoms with Crippen LogP contribution in [-0.4, -0.2) is 49.3 Å². The fourth-order valence-electron chi connectivity index (χ4n) is 4.47. The van der Waals surface area contributed by atoms with E-state index in [0.717, 1.165) is 70.6 Å². The van der Waals surface area contributed by atoms with E-state index in [1.807, 2.05) is 0 Å². The number of carbonyl (C=O) groups is 2. The standard InChI is InChI=1S/C35H64NO8P/c1-3-5-7-9-11-13-14-15-16-17-18-20-22-24-26-28-35(38)44-33(32-43-45(39,40)42-30-29-36)31-41-34(37)27-25-23-21-19-12-10-8-6-4-2/h5,7,11,13,15-16,33H,3-4,6,8-10,12,14,17-32,36H2,1-2H3,(H,39,40). The van der Waals surface area contributed by atoms with Gasteiger partial charge in [-0.05, 0) is 44.9 Å². The molecule has 10 heteroatoms. The van der Waals surface area contributed by atoms with Gasteiger partial charge in [0.15, 0.2) is 6.10 Å². The second-order valence-electron chi connectivity index (χ2n) is 11.4. The number of nitrogens with two attached hydrogens (primary N) is 1. The average Bonchev–Trinajstić information content (AvgIpc) is 3.02. The Hall–Kier alpha value is -1.77. The van der Waals surface area contributed by atoms with E-state index in [9.17, 15) is 19.0 Å². The lowest BCUT2D eigenvalue weighted by atomic mass is 10.1. The lowest BCUT2D eigenvalue weighted by molar-refractivity contribution is -0.161. The molecule has 0 aromatic carbocycles. The van der Waals surface area contributed by atoms with Gasteiger partial charge in [-0.3, -0.25) is 18.6 Å². The molecule has 0 spiro atoms. The topological polar surface area (TPSA) is 134 Å². The van der Waals surface area contributed by atoms with Crippen LogP contribution >= 0.6 is 7.82 Å². The molecule has 0 saturated carbocycles. The second-order valence-corrected chi connectivity index (χ2v) is 12.8. The Morgan fingerprint density at radius 2 is 1.22 bits per heavy atom. The third-order valence-corrected chi connectivity index (χ3v) is 8.02. The molecule has 0 saturated heterocycles. The zero-order valence-electron chi connectivity index (χ0n) is 28.3. The summed E-state index contributed by atoms with van der Waals surface area (Å²) < 4.78 is 32.5. The Morgan fingerprint density at radius 1 is 0.689 bits per heavy atom. The van der Waals surface area contributed by atoms with Crippen molar-refractivity contribution in [3.63, 3.8) is 0 Å². The summed E-state index contributed by atoms with van der Waals surface area (Å²) in [5, 5.41) is 0. The Kier molecular flexibility index (Phi) is 30.9. The van der Waals surface area contributed by atoms with Gasteiger partial charge in [-0.2, -0.15) is 0 Å². The van der Waals surface area contributed by atoms with Crippen molar-refractivity contribution in [2.45, 2.75) is 148 Å². The molecule has 0 radical (unpaired) electrons. The normalized spacial score (nSPS) is 14.0. The summed E-state index contributed by atoms with van der Waals surface area (Å²) in [6.07, 6.45) is 31.8. The quantitative estimate of drug-likeness (QED) is 0.0314. The fraction of sp³-hybridized carbons (Fsp3) is 0.771. The van der Waals surface area contributed by atoms with Gasteiger partial charge < -0.3 is 20.1 Å². The summed E-state index contributed by atoms with van der Waals surface area (Å²) in [5.74, 6) is -0.855.